The summed E-state index contributed by atoms with van der Waals surface area (Å²) in [5.74, 6) is 1.21. The first-order valence-electron chi connectivity index (χ1n) is 5.40. The third-order valence-electron chi connectivity index (χ3n) is 2.87. The van der Waals surface area contributed by atoms with Crippen molar-refractivity contribution in [2.45, 2.75) is 6.42 Å². The van der Waals surface area contributed by atoms with Crippen LogP contribution in [0, 0.1) is 5.92 Å². The summed E-state index contributed by atoms with van der Waals surface area (Å²) in [6, 6.07) is 1.88. The Morgan fingerprint density at radius 1 is 1.56 bits per heavy atom. The van der Waals surface area contributed by atoms with Gasteiger partial charge in [-0.1, -0.05) is 0 Å². The SMILES string of the molecule is CN(C)C(=O)C1CCN(c2ccncn2)C1. The van der Waals surface area contributed by atoms with E-state index in [0.717, 1.165) is 25.3 Å². The maximum atomic E-state index is 11.8. The van der Waals surface area contributed by atoms with Crippen LogP contribution < -0.4 is 4.90 Å². The van der Waals surface area contributed by atoms with Gasteiger partial charge in [0, 0.05) is 33.4 Å². The van der Waals surface area contributed by atoms with Crippen molar-refractivity contribution < 1.29 is 4.79 Å². The molecule has 1 unspecified atom stereocenters. The van der Waals surface area contributed by atoms with Crippen molar-refractivity contribution in [1.29, 1.82) is 0 Å². The zero-order valence-corrected chi connectivity index (χ0v) is 9.63. The number of amides is 1. The Morgan fingerprint density at radius 2 is 2.38 bits per heavy atom. The number of carbonyl (C=O) groups is 1. The Morgan fingerprint density at radius 3 is 3.00 bits per heavy atom. The zero-order chi connectivity index (χ0) is 11.5. The van der Waals surface area contributed by atoms with Crippen LogP contribution in [0.15, 0.2) is 18.6 Å². The number of carbonyl (C=O) groups excluding carboxylic acids is 1. The first-order chi connectivity index (χ1) is 7.68. The molecule has 1 atom stereocenters. The predicted molar refractivity (Wildman–Crippen MR) is 61.0 cm³/mol. The van der Waals surface area contributed by atoms with Gasteiger partial charge in [-0.3, -0.25) is 4.79 Å². The Balaban J connectivity index is 2.01. The van der Waals surface area contributed by atoms with Gasteiger partial charge in [0.15, 0.2) is 0 Å². The normalized spacial score (nSPS) is 19.9. The molecule has 16 heavy (non-hydrogen) atoms. The molecule has 0 saturated carbocycles. The number of rotatable bonds is 2. The van der Waals surface area contributed by atoms with E-state index < -0.39 is 0 Å². The lowest BCUT2D eigenvalue weighted by atomic mass is 10.1. The first-order valence-corrected chi connectivity index (χ1v) is 5.40. The van der Waals surface area contributed by atoms with Crippen molar-refractivity contribution >= 4 is 11.7 Å². The van der Waals surface area contributed by atoms with Crippen LogP contribution in [0.5, 0.6) is 0 Å². The van der Waals surface area contributed by atoms with Crippen LogP contribution in [0.25, 0.3) is 0 Å². The minimum atomic E-state index is 0.102. The molecule has 1 aromatic rings. The molecule has 0 spiro atoms. The van der Waals surface area contributed by atoms with Gasteiger partial charge in [-0.2, -0.15) is 0 Å². The van der Waals surface area contributed by atoms with E-state index in [4.69, 9.17) is 0 Å². The van der Waals surface area contributed by atoms with E-state index in [0.29, 0.717) is 0 Å². The van der Waals surface area contributed by atoms with Crippen molar-refractivity contribution in [2.75, 3.05) is 32.1 Å². The van der Waals surface area contributed by atoms with Crippen molar-refractivity contribution in [2.24, 2.45) is 5.92 Å². The molecule has 2 rings (SSSR count). The Bertz CT molecular complexity index is 366. The van der Waals surface area contributed by atoms with Crippen LogP contribution in [-0.4, -0.2) is 48.0 Å². The summed E-state index contributed by atoms with van der Waals surface area (Å²) in [6.45, 7) is 1.65. The molecule has 1 aliphatic rings. The topological polar surface area (TPSA) is 49.3 Å². The fourth-order valence-corrected chi connectivity index (χ4v) is 2.01. The van der Waals surface area contributed by atoms with Crippen LogP contribution in [0.4, 0.5) is 5.82 Å². The second-order valence-corrected chi connectivity index (χ2v) is 4.23. The van der Waals surface area contributed by atoms with Crippen molar-refractivity contribution in [3.05, 3.63) is 18.6 Å². The third kappa shape index (κ3) is 2.13. The molecule has 1 aromatic heterocycles. The molecule has 0 bridgehead atoms. The van der Waals surface area contributed by atoms with Crippen LogP contribution in [0.2, 0.25) is 0 Å². The van der Waals surface area contributed by atoms with Crippen LogP contribution in [0.3, 0.4) is 0 Å². The summed E-state index contributed by atoms with van der Waals surface area (Å²) in [5, 5.41) is 0. The molecule has 1 aliphatic heterocycles. The second-order valence-electron chi connectivity index (χ2n) is 4.23. The van der Waals surface area contributed by atoms with E-state index in [1.54, 1.807) is 25.2 Å². The molecule has 0 radical (unpaired) electrons. The van der Waals surface area contributed by atoms with E-state index >= 15 is 0 Å². The molecule has 1 fully saturated rings. The van der Waals surface area contributed by atoms with Gasteiger partial charge in [0.2, 0.25) is 5.91 Å². The minimum absolute atomic E-state index is 0.102. The summed E-state index contributed by atoms with van der Waals surface area (Å²) in [4.78, 5) is 23.7. The van der Waals surface area contributed by atoms with Crippen LogP contribution in [-0.2, 0) is 4.79 Å². The average Bonchev–Trinajstić information content (AvgIpc) is 2.78. The summed E-state index contributed by atoms with van der Waals surface area (Å²) in [5.41, 5.74) is 0. The van der Waals surface area contributed by atoms with Crippen molar-refractivity contribution in [3.8, 4) is 0 Å². The summed E-state index contributed by atoms with van der Waals surface area (Å²) in [6.07, 6.45) is 4.17. The first kappa shape index (κ1) is 10.9. The van der Waals surface area contributed by atoms with Gasteiger partial charge in [0.05, 0.1) is 5.92 Å². The van der Waals surface area contributed by atoms with Crippen LogP contribution in [0.1, 0.15) is 6.42 Å². The highest BCUT2D eigenvalue weighted by molar-refractivity contribution is 5.79. The van der Waals surface area contributed by atoms with Crippen molar-refractivity contribution in [3.63, 3.8) is 0 Å². The number of anilines is 1. The fraction of sp³-hybridized carbons (Fsp3) is 0.545. The highest BCUT2D eigenvalue weighted by Crippen LogP contribution is 2.22. The number of hydrogen-bond acceptors (Lipinski definition) is 4. The lowest BCUT2D eigenvalue weighted by Crippen LogP contribution is -2.32. The minimum Gasteiger partial charge on any atom is -0.356 e. The molecule has 0 aromatic carbocycles. The van der Waals surface area contributed by atoms with Gasteiger partial charge in [0.25, 0.3) is 0 Å². The zero-order valence-electron chi connectivity index (χ0n) is 9.63. The number of nitrogens with zero attached hydrogens (tertiary/aromatic N) is 4. The molecule has 1 saturated heterocycles. The van der Waals surface area contributed by atoms with E-state index in [9.17, 15) is 4.79 Å². The van der Waals surface area contributed by atoms with Crippen molar-refractivity contribution in [1.82, 2.24) is 14.9 Å². The summed E-state index contributed by atoms with van der Waals surface area (Å²) >= 11 is 0. The maximum Gasteiger partial charge on any atom is 0.227 e. The molecule has 86 valence electrons. The van der Waals surface area contributed by atoms with E-state index in [1.807, 2.05) is 6.07 Å². The van der Waals surface area contributed by atoms with E-state index in [2.05, 4.69) is 14.9 Å². The third-order valence-corrected chi connectivity index (χ3v) is 2.87. The quantitative estimate of drug-likeness (QED) is 0.723. The Hall–Kier alpha value is -1.65. The standard InChI is InChI=1S/C11H16N4O/c1-14(2)11(16)9-4-6-15(7-9)10-3-5-12-8-13-10/h3,5,8-9H,4,6-7H2,1-2H3. The lowest BCUT2D eigenvalue weighted by molar-refractivity contribution is -0.132. The summed E-state index contributed by atoms with van der Waals surface area (Å²) in [7, 11) is 3.60. The molecule has 0 aliphatic carbocycles. The van der Waals surface area contributed by atoms with E-state index in [1.165, 1.54) is 6.33 Å². The summed E-state index contributed by atoms with van der Waals surface area (Å²) < 4.78 is 0. The fourth-order valence-electron chi connectivity index (χ4n) is 2.01. The van der Waals surface area contributed by atoms with Gasteiger partial charge in [-0.15, -0.1) is 0 Å². The smallest absolute Gasteiger partial charge is 0.227 e. The molecule has 0 N–H and O–H groups in total. The van der Waals surface area contributed by atoms with Gasteiger partial charge < -0.3 is 9.80 Å². The van der Waals surface area contributed by atoms with Gasteiger partial charge in [-0.05, 0) is 12.5 Å². The Labute approximate surface area is 95.1 Å². The molecule has 5 nitrogen and oxygen atoms in total. The average molecular weight is 220 g/mol. The molecule has 1 amide bonds. The predicted octanol–water partition coefficient (Wildman–Crippen LogP) is 0.391. The van der Waals surface area contributed by atoms with Crippen LogP contribution >= 0.6 is 0 Å². The van der Waals surface area contributed by atoms with E-state index in [-0.39, 0.29) is 11.8 Å². The molecule has 2 heterocycles. The largest absolute Gasteiger partial charge is 0.356 e. The monoisotopic (exact) mass is 220 g/mol. The van der Waals surface area contributed by atoms with Gasteiger partial charge in [-0.25, -0.2) is 9.97 Å². The molecular weight excluding hydrogens is 204 g/mol. The Kier molecular flexibility index (Phi) is 3.03. The maximum absolute atomic E-state index is 11.8. The number of hydrogen-bond donors (Lipinski definition) is 0. The lowest BCUT2D eigenvalue weighted by Gasteiger charge is -2.18. The molecule has 5 heteroatoms. The number of aromatic nitrogens is 2. The highest BCUT2D eigenvalue weighted by Gasteiger charge is 2.29. The van der Waals surface area contributed by atoms with Gasteiger partial charge >= 0.3 is 0 Å². The molecular formula is C11H16N4O. The highest BCUT2D eigenvalue weighted by atomic mass is 16.2. The van der Waals surface area contributed by atoms with Gasteiger partial charge in [0.1, 0.15) is 12.1 Å². The second kappa shape index (κ2) is 4.47.